The van der Waals surface area contributed by atoms with Crippen LogP contribution in [0.3, 0.4) is 0 Å². The van der Waals surface area contributed by atoms with Crippen molar-refractivity contribution in [3.63, 3.8) is 0 Å². The SMILES string of the molecule is CC(Br)COC(C)C(=O)O. The molecule has 0 saturated carbocycles. The smallest absolute Gasteiger partial charge is 0.332 e. The first-order valence-corrected chi connectivity index (χ1v) is 3.94. The summed E-state index contributed by atoms with van der Waals surface area (Å²) in [6.45, 7) is 3.83. The van der Waals surface area contributed by atoms with Gasteiger partial charge >= 0.3 is 5.97 Å². The van der Waals surface area contributed by atoms with Crippen LogP contribution < -0.4 is 0 Å². The quantitative estimate of drug-likeness (QED) is 0.712. The van der Waals surface area contributed by atoms with Gasteiger partial charge in [0, 0.05) is 4.83 Å². The van der Waals surface area contributed by atoms with E-state index in [0.717, 1.165) is 0 Å². The number of rotatable bonds is 4. The number of alkyl halides is 1. The third kappa shape index (κ3) is 4.76. The minimum absolute atomic E-state index is 0.203. The zero-order chi connectivity index (χ0) is 8.15. The molecular formula is C6H11BrO3. The van der Waals surface area contributed by atoms with E-state index < -0.39 is 12.1 Å². The number of carboxylic acid groups (broad SMARTS) is 1. The van der Waals surface area contributed by atoms with Crippen molar-refractivity contribution in [3.05, 3.63) is 0 Å². The van der Waals surface area contributed by atoms with Gasteiger partial charge in [-0.3, -0.25) is 0 Å². The molecule has 0 aliphatic heterocycles. The summed E-state index contributed by atoms with van der Waals surface area (Å²) in [4.78, 5) is 10.4. The molecule has 0 aliphatic carbocycles. The van der Waals surface area contributed by atoms with Gasteiger partial charge in [0.2, 0.25) is 0 Å². The molecule has 10 heavy (non-hydrogen) atoms. The number of carbonyl (C=O) groups is 1. The molecule has 0 heterocycles. The number of hydrogen-bond acceptors (Lipinski definition) is 2. The molecule has 3 nitrogen and oxygen atoms in total. The Bertz CT molecular complexity index is 114. The standard InChI is InChI=1S/C6H11BrO3/c1-4(7)3-10-5(2)6(8)9/h4-5H,3H2,1-2H3,(H,8,9). The summed E-state index contributed by atoms with van der Waals surface area (Å²) in [5.41, 5.74) is 0. The average molecular weight is 211 g/mol. The third-order valence-electron chi connectivity index (χ3n) is 0.924. The van der Waals surface area contributed by atoms with E-state index in [9.17, 15) is 4.79 Å². The van der Waals surface area contributed by atoms with Gasteiger partial charge in [0.05, 0.1) is 6.61 Å². The Morgan fingerprint density at radius 2 is 2.20 bits per heavy atom. The molecule has 0 bridgehead atoms. The minimum atomic E-state index is -0.923. The van der Waals surface area contributed by atoms with E-state index in [2.05, 4.69) is 15.9 Å². The highest BCUT2D eigenvalue weighted by Crippen LogP contribution is 2.00. The first kappa shape index (κ1) is 9.91. The summed E-state index contributed by atoms with van der Waals surface area (Å²) >= 11 is 3.23. The highest BCUT2D eigenvalue weighted by atomic mass is 79.9. The fourth-order valence-corrected chi connectivity index (χ4v) is 0.501. The van der Waals surface area contributed by atoms with Crippen LogP contribution >= 0.6 is 15.9 Å². The first-order chi connectivity index (χ1) is 4.54. The molecular weight excluding hydrogens is 200 g/mol. The Balaban J connectivity index is 3.40. The number of halogens is 1. The van der Waals surface area contributed by atoms with Gasteiger partial charge in [-0.2, -0.15) is 0 Å². The second-order valence-electron chi connectivity index (χ2n) is 2.09. The Kier molecular flexibility index (Phi) is 4.64. The van der Waals surface area contributed by atoms with Gasteiger partial charge in [0.25, 0.3) is 0 Å². The second kappa shape index (κ2) is 4.68. The summed E-state index contributed by atoms with van der Waals surface area (Å²) in [7, 11) is 0. The molecule has 4 heteroatoms. The van der Waals surface area contributed by atoms with Crippen molar-refractivity contribution >= 4 is 21.9 Å². The maximum absolute atomic E-state index is 10.2. The third-order valence-corrected chi connectivity index (χ3v) is 1.19. The topological polar surface area (TPSA) is 46.5 Å². The van der Waals surface area contributed by atoms with E-state index >= 15 is 0 Å². The number of carboxylic acids is 1. The van der Waals surface area contributed by atoms with Crippen LogP contribution in [0.2, 0.25) is 0 Å². The molecule has 0 radical (unpaired) electrons. The lowest BCUT2D eigenvalue weighted by Crippen LogP contribution is -2.22. The largest absolute Gasteiger partial charge is 0.479 e. The van der Waals surface area contributed by atoms with Gasteiger partial charge in [-0.1, -0.05) is 22.9 Å². The van der Waals surface area contributed by atoms with Crippen LogP contribution in [0.4, 0.5) is 0 Å². The van der Waals surface area contributed by atoms with E-state index in [4.69, 9.17) is 9.84 Å². The number of hydrogen-bond donors (Lipinski definition) is 1. The molecule has 0 saturated heterocycles. The highest BCUT2D eigenvalue weighted by molar-refractivity contribution is 9.09. The lowest BCUT2D eigenvalue weighted by Gasteiger charge is -2.08. The van der Waals surface area contributed by atoms with E-state index in [0.29, 0.717) is 6.61 Å². The summed E-state index contributed by atoms with van der Waals surface area (Å²) in [5.74, 6) is -0.923. The van der Waals surface area contributed by atoms with Gasteiger partial charge in [-0.25, -0.2) is 4.79 Å². The predicted molar refractivity (Wildman–Crippen MR) is 41.4 cm³/mol. The van der Waals surface area contributed by atoms with E-state index in [1.807, 2.05) is 6.92 Å². The van der Waals surface area contributed by atoms with Crippen molar-refractivity contribution in [1.82, 2.24) is 0 Å². The Morgan fingerprint density at radius 1 is 1.70 bits per heavy atom. The van der Waals surface area contributed by atoms with Crippen LogP contribution in [0.5, 0.6) is 0 Å². The Labute approximate surface area is 68.5 Å². The van der Waals surface area contributed by atoms with E-state index in [1.54, 1.807) is 0 Å². The molecule has 0 spiro atoms. The predicted octanol–water partition coefficient (Wildman–Crippen LogP) is 1.26. The Hall–Kier alpha value is -0.0900. The molecule has 0 fully saturated rings. The summed E-state index contributed by atoms with van der Waals surface area (Å²) in [6.07, 6.45) is -0.708. The van der Waals surface area contributed by atoms with E-state index in [-0.39, 0.29) is 4.83 Å². The van der Waals surface area contributed by atoms with Crippen molar-refractivity contribution in [2.75, 3.05) is 6.61 Å². The molecule has 0 aliphatic rings. The number of ether oxygens (including phenoxy) is 1. The van der Waals surface area contributed by atoms with Crippen molar-refractivity contribution in [1.29, 1.82) is 0 Å². The molecule has 60 valence electrons. The second-order valence-corrected chi connectivity index (χ2v) is 3.66. The van der Waals surface area contributed by atoms with Crippen molar-refractivity contribution in [2.45, 2.75) is 24.8 Å². The van der Waals surface area contributed by atoms with Crippen molar-refractivity contribution in [2.24, 2.45) is 0 Å². The van der Waals surface area contributed by atoms with Crippen LogP contribution in [0.15, 0.2) is 0 Å². The molecule has 0 aromatic carbocycles. The van der Waals surface area contributed by atoms with Crippen LogP contribution in [0, 0.1) is 0 Å². The molecule has 0 aromatic rings. The van der Waals surface area contributed by atoms with Gasteiger partial charge in [-0.05, 0) is 6.92 Å². The van der Waals surface area contributed by atoms with Crippen molar-refractivity contribution in [3.8, 4) is 0 Å². The fourth-order valence-electron chi connectivity index (χ4n) is 0.348. The molecule has 0 aromatic heterocycles. The van der Waals surface area contributed by atoms with Gasteiger partial charge in [-0.15, -0.1) is 0 Å². The molecule has 1 N–H and O–H groups in total. The van der Waals surface area contributed by atoms with E-state index in [1.165, 1.54) is 6.92 Å². The maximum atomic E-state index is 10.2. The summed E-state index contributed by atoms with van der Waals surface area (Å²) in [6, 6.07) is 0. The van der Waals surface area contributed by atoms with Gasteiger partial charge < -0.3 is 9.84 Å². The van der Waals surface area contributed by atoms with Crippen molar-refractivity contribution < 1.29 is 14.6 Å². The maximum Gasteiger partial charge on any atom is 0.332 e. The lowest BCUT2D eigenvalue weighted by molar-refractivity contribution is -0.148. The zero-order valence-electron chi connectivity index (χ0n) is 6.00. The lowest BCUT2D eigenvalue weighted by atomic mass is 10.4. The molecule has 2 atom stereocenters. The molecule has 0 rings (SSSR count). The highest BCUT2D eigenvalue weighted by Gasteiger charge is 2.11. The summed E-state index contributed by atoms with van der Waals surface area (Å²) < 4.78 is 4.92. The van der Waals surface area contributed by atoms with Gasteiger partial charge in [0.1, 0.15) is 0 Å². The molecule has 0 amide bonds. The Morgan fingerprint density at radius 3 is 2.50 bits per heavy atom. The van der Waals surface area contributed by atoms with Gasteiger partial charge in [0.15, 0.2) is 6.10 Å². The average Bonchev–Trinajstić information content (AvgIpc) is 1.82. The first-order valence-electron chi connectivity index (χ1n) is 3.02. The van der Waals surface area contributed by atoms with Crippen LogP contribution in [0.1, 0.15) is 13.8 Å². The summed E-state index contributed by atoms with van der Waals surface area (Å²) in [5, 5.41) is 8.35. The monoisotopic (exact) mass is 210 g/mol. The normalized spacial score (nSPS) is 16.3. The molecule has 2 unspecified atom stereocenters. The minimum Gasteiger partial charge on any atom is -0.479 e. The fraction of sp³-hybridized carbons (Fsp3) is 0.833. The zero-order valence-corrected chi connectivity index (χ0v) is 7.59. The van der Waals surface area contributed by atoms with Crippen LogP contribution in [0.25, 0.3) is 0 Å². The number of aliphatic carboxylic acids is 1. The van der Waals surface area contributed by atoms with Crippen LogP contribution in [-0.2, 0) is 9.53 Å². The van der Waals surface area contributed by atoms with Crippen LogP contribution in [-0.4, -0.2) is 28.6 Å².